The maximum Gasteiger partial charge on any atom is 0.308 e. The lowest BCUT2D eigenvalue weighted by Gasteiger charge is -2.16. The van der Waals surface area contributed by atoms with Crippen LogP contribution in [-0.2, 0) is 26.0 Å². The van der Waals surface area contributed by atoms with Gasteiger partial charge in [-0.2, -0.15) is 0 Å². The van der Waals surface area contributed by atoms with Crippen molar-refractivity contribution in [2.75, 3.05) is 32.0 Å². The Bertz CT molecular complexity index is 748. The first-order valence-corrected chi connectivity index (χ1v) is 10.6. The quantitative estimate of drug-likeness (QED) is 0.605. The highest BCUT2D eigenvalue weighted by atomic mass is 32.2. The van der Waals surface area contributed by atoms with Crippen molar-refractivity contribution in [1.82, 2.24) is 9.62 Å². The van der Waals surface area contributed by atoms with Crippen LogP contribution in [0, 0.1) is 5.92 Å². The Morgan fingerprint density at radius 3 is 2.56 bits per heavy atom. The normalized spacial score (nSPS) is 17.4. The highest BCUT2D eigenvalue weighted by Gasteiger charge is 2.28. The van der Waals surface area contributed by atoms with Crippen molar-refractivity contribution in [3.8, 4) is 5.75 Å². The highest BCUT2D eigenvalue weighted by molar-refractivity contribution is 7.89. The molecule has 2 N–H and O–H groups in total. The van der Waals surface area contributed by atoms with E-state index in [2.05, 4.69) is 5.32 Å². The fraction of sp³-hybridized carbons (Fsp3) is 0.556. The van der Waals surface area contributed by atoms with Gasteiger partial charge < -0.3 is 15.2 Å². The van der Waals surface area contributed by atoms with Crippen molar-refractivity contribution >= 4 is 21.9 Å². The molecule has 27 heavy (non-hydrogen) atoms. The van der Waals surface area contributed by atoms with E-state index >= 15 is 0 Å². The largest absolute Gasteiger partial charge is 0.494 e. The monoisotopic (exact) mass is 398 g/mol. The molecule has 1 amide bonds. The molecule has 8 nitrogen and oxygen atoms in total. The number of benzene rings is 1. The number of sulfonamides is 1. The van der Waals surface area contributed by atoms with Crippen LogP contribution in [0.1, 0.15) is 25.3 Å². The molecule has 1 fully saturated rings. The average Bonchev–Trinajstić information content (AvgIpc) is 2.96. The number of amides is 1. The Kier molecular flexibility index (Phi) is 7.61. The summed E-state index contributed by atoms with van der Waals surface area (Å²) in [5.41, 5.74) is 0.836. The van der Waals surface area contributed by atoms with Gasteiger partial charge in [-0.1, -0.05) is 12.1 Å². The number of hydrogen-bond acceptors (Lipinski definition) is 5. The van der Waals surface area contributed by atoms with Gasteiger partial charge >= 0.3 is 5.97 Å². The van der Waals surface area contributed by atoms with E-state index < -0.39 is 21.9 Å². The van der Waals surface area contributed by atoms with E-state index in [4.69, 9.17) is 4.74 Å². The summed E-state index contributed by atoms with van der Waals surface area (Å²) in [5.74, 6) is -1.26. The van der Waals surface area contributed by atoms with Crippen LogP contribution in [0.15, 0.2) is 24.3 Å². The van der Waals surface area contributed by atoms with E-state index in [-0.39, 0.29) is 37.6 Å². The molecule has 1 atom stereocenters. The zero-order valence-electron chi connectivity index (χ0n) is 15.4. The lowest BCUT2D eigenvalue weighted by Crippen LogP contribution is -2.36. The molecule has 2 rings (SSSR count). The molecule has 1 aromatic rings. The number of nitrogens with one attached hydrogen (secondary N) is 1. The summed E-state index contributed by atoms with van der Waals surface area (Å²) in [6.45, 7) is 3.00. The third kappa shape index (κ3) is 6.51. The van der Waals surface area contributed by atoms with Crippen LogP contribution >= 0.6 is 0 Å². The van der Waals surface area contributed by atoms with Gasteiger partial charge in [-0.05, 0) is 37.5 Å². The Morgan fingerprint density at radius 1 is 1.30 bits per heavy atom. The van der Waals surface area contributed by atoms with Crippen molar-refractivity contribution < 1.29 is 27.9 Å². The standard InChI is InChI=1S/C18H26N2O6S/c1-2-26-16-6-4-14(5-7-16)12-15(18(22)23)13-19-17(21)8-10-20-9-3-11-27(20,24)25/h4-7,15H,2-3,8-13H2,1H3,(H,19,21)(H,22,23). The molecule has 1 aliphatic rings. The molecule has 1 heterocycles. The number of aliphatic carboxylic acids is 1. The van der Waals surface area contributed by atoms with Gasteiger partial charge in [-0.15, -0.1) is 0 Å². The summed E-state index contributed by atoms with van der Waals surface area (Å²) in [6, 6.07) is 7.18. The maximum absolute atomic E-state index is 12.0. The SMILES string of the molecule is CCOc1ccc(CC(CNC(=O)CCN2CCCS2(=O)=O)C(=O)O)cc1. The van der Waals surface area contributed by atoms with Crippen LogP contribution in [0.25, 0.3) is 0 Å². The molecular weight excluding hydrogens is 372 g/mol. The van der Waals surface area contributed by atoms with E-state index in [1.807, 2.05) is 6.92 Å². The molecule has 0 saturated carbocycles. The van der Waals surface area contributed by atoms with Gasteiger partial charge in [0.2, 0.25) is 15.9 Å². The van der Waals surface area contributed by atoms with Crippen LogP contribution in [0.3, 0.4) is 0 Å². The van der Waals surface area contributed by atoms with Crippen LogP contribution < -0.4 is 10.1 Å². The first-order chi connectivity index (χ1) is 12.8. The molecule has 0 aliphatic carbocycles. The molecule has 1 aromatic carbocycles. The molecule has 0 bridgehead atoms. The fourth-order valence-electron chi connectivity index (χ4n) is 2.91. The maximum atomic E-state index is 12.0. The average molecular weight is 398 g/mol. The highest BCUT2D eigenvalue weighted by Crippen LogP contribution is 2.16. The van der Waals surface area contributed by atoms with Gasteiger partial charge in [0.1, 0.15) is 5.75 Å². The number of carboxylic acids is 1. The summed E-state index contributed by atoms with van der Waals surface area (Å²) in [6.07, 6.45) is 0.879. The minimum absolute atomic E-state index is 0.00583. The topological polar surface area (TPSA) is 113 Å². The molecule has 1 saturated heterocycles. The van der Waals surface area contributed by atoms with Crippen LogP contribution in [0.2, 0.25) is 0 Å². The number of hydrogen-bond donors (Lipinski definition) is 2. The number of nitrogens with zero attached hydrogens (tertiary/aromatic N) is 1. The third-order valence-electron chi connectivity index (χ3n) is 4.40. The number of carboxylic acid groups (broad SMARTS) is 1. The number of ether oxygens (including phenoxy) is 1. The predicted molar refractivity (Wildman–Crippen MR) is 100 cm³/mol. The van der Waals surface area contributed by atoms with E-state index in [1.54, 1.807) is 24.3 Å². The second-order valence-corrected chi connectivity index (χ2v) is 8.53. The molecule has 0 radical (unpaired) electrons. The number of rotatable bonds is 10. The van der Waals surface area contributed by atoms with Gasteiger partial charge in [0.05, 0.1) is 18.3 Å². The van der Waals surface area contributed by atoms with Gasteiger partial charge in [0.15, 0.2) is 0 Å². The van der Waals surface area contributed by atoms with Crippen LogP contribution in [-0.4, -0.2) is 61.7 Å². The lowest BCUT2D eigenvalue weighted by molar-refractivity contribution is -0.141. The molecule has 9 heteroatoms. The molecular formula is C18H26N2O6S. The predicted octanol–water partition coefficient (Wildman–Crippen LogP) is 0.870. The van der Waals surface area contributed by atoms with Crippen LogP contribution in [0.4, 0.5) is 0 Å². The van der Waals surface area contributed by atoms with E-state index in [1.165, 1.54) is 4.31 Å². The molecule has 0 spiro atoms. The first kappa shape index (κ1) is 21.2. The fourth-order valence-corrected chi connectivity index (χ4v) is 4.44. The third-order valence-corrected chi connectivity index (χ3v) is 6.36. The van der Waals surface area contributed by atoms with Crippen molar-refractivity contribution in [1.29, 1.82) is 0 Å². The van der Waals surface area contributed by atoms with E-state index in [0.717, 1.165) is 11.3 Å². The molecule has 1 aliphatic heterocycles. The van der Waals surface area contributed by atoms with Gasteiger partial charge in [0.25, 0.3) is 0 Å². The number of carbonyl (C=O) groups is 2. The molecule has 1 unspecified atom stereocenters. The Hall–Kier alpha value is -2.13. The Labute approximate surface area is 159 Å². The van der Waals surface area contributed by atoms with E-state index in [9.17, 15) is 23.1 Å². The number of carbonyl (C=O) groups excluding carboxylic acids is 1. The smallest absolute Gasteiger partial charge is 0.308 e. The Balaban J connectivity index is 1.81. The van der Waals surface area contributed by atoms with Crippen molar-refractivity contribution in [2.24, 2.45) is 5.92 Å². The van der Waals surface area contributed by atoms with Crippen molar-refractivity contribution in [3.63, 3.8) is 0 Å². The van der Waals surface area contributed by atoms with Crippen molar-refractivity contribution in [3.05, 3.63) is 29.8 Å². The summed E-state index contributed by atoms with van der Waals surface area (Å²) >= 11 is 0. The second kappa shape index (κ2) is 9.70. The second-order valence-electron chi connectivity index (χ2n) is 6.44. The van der Waals surface area contributed by atoms with Gasteiger partial charge in [0, 0.05) is 26.1 Å². The molecule has 150 valence electrons. The minimum Gasteiger partial charge on any atom is -0.494 e. The van der Waals surface area contributed by atoms with Crippen molar-refractivity contribution in [2.45, 2.75) is 26.2 Å². The van der Waals surface area contributed by atoms with Gasteiger partial charge in [-0.3, -0.25) is 9.59 Å². The zero-order chi connectivity index (χ0) is 19.9. The summed E-state index contributed by atoms with van der Waals surface area (Å²) in [5, 5.41) is 12.0. The van der Waals surface area contributed by atoms with Gasteiger partial charge in [-0.25, -0.2) is 12.7 Å². The minimum atomic E-state index is -3.23. The summed E-state index contributed by atoms with van der Waals surface area (Å²) in [7, 11) is -3.23. The van der Waals surface area contributed by atoms with Crippen LogP contribution in [0.5, 0.6) is 5.75 Å². The van der Waals surface area contributed by atoms with E-state index in [0.29, 0.717) is 19.6 Å². The summed E-state index contributed by atoms with van der Waals surface area (Å²) < 4.78 is 30.1. The first-order valence-electron chi connectivity index (χ1n) is 9.01. The zero-order valence-corrected chi connectivity index (χ0v) is 16.2. The molecule has 0 aromatic heterocycles. The lowest BCUT2D eigenvalue weighted by atomic mass is 9.99. The summed E-state index contributed by atoms with van der Waals surface area (Å²) in [4.78, 5) is 23.4. The Morgan fingerprint density at radius 2 is 2.00 bits per heavy atom.